The summed E-state index contributed by atoms with van der Waals surface area (Å²) < 4.78 is 0. The van der Waals surface area contributed by atoms with Gasteiger partial charge >= 0.3 is 5.97 Å². The summed E-state index contributed by atoms with van der Waals surface area (Å²) in [6.45, 7) is 12.6. The molecule has 0 atom stereocenters. The van der Waals surface area contributed by atoms with Crippen molar-refractivity contribution in [2.45, 2.75) is 48.0 Å². The van der Waals surface area contributed by atoms with Gasteiger partial charge in [0.05, 0.1) is 5.41 Å². The van der Waals surface area contributed by atoms with Crippen molar-refractivity contribution >= 4 is 5.97 Å². The van der Waals surface area contributed by atoms with Gasteiger partial charge in [-0.2, -0.15) is 0 Å². The second-order valence-electron chi connectivity index (χ2n) is 6.39. The van der Waals surface area contributed by atoms with E-state index in [1.807, 2.05) is 13.8 Å². The normalized spacial score (nSPS) is 24.7. The summed E-state index contributed by atoms with van der Waals surface area (Å²) in [7, 11) is 0. The van der Waals surface area contributed by atoms with Gasteiger partial charge in [-0.15, -0.1) is 0 Å². The lowest BCUT2D eigenvalue weighted by atomic mass is 9.85. The van der Waals surface area contributed by atoms with Crippen LogP contribution in [-0.4, -0.2) is 11.1 Å². The number of aliphatic carboxylic acids is 1. The highest BCUT2D eigenvalue weighted by atomic mass is 16.4. The molecule has 1 aliphatic carbocycles. The molecule has 0 amide bonds. The third kappa shape index (κ3) is 1.45. The lowest BCUT2D eigenvalue weighted by Gasteiger charge is -2.20. The second kappa shape index (κ2) is 2.74. The summed E-state index contributed by atoms with van der Waals surface area (Å²) in [6, 6.07) is 0. The molecule has 14 heavy (non-hydrogen) atoms. The number of carboxylic acids is 1. The standard InChI is InChI=1S/C12H22O2/c1-10(2,9(13)14)7-8-11(3,4)12(8,5)6/h8H,7H2,1-6H3,(H,13,14). The summed E-state index contributed by atoms with van der Waals surface area (Å²) in [5, 5.41) is 9.06. The van der Waals surface area contributed by atoms with Gasteiger partial charge in [0.15, 0.2) is 0 Å². The minimum atomic E-state index is -0.684. The first-order chi connectivity index (χ1) is 6.03. The predicted molar refractivity (Wildman–Crippen MR) is 57.1 cm³/mol. The smallest absolute Gasteiger partial charge is 0.309 e. The van der Waals surface area contributed by atoms with E-state index in [2.05, 4.69) is 27.7 Å². The summed E-state index contributed by atoms with van der Waals surface area (Å²) in [6.07, 6.45) is 0.780. The lowest BCUT2D eigenvalue weighted by Crippen LogP contribution is -2.25. The molecule has 0 unspecified atom stereocenters. The molecule has 0 aromatic heterocycles. The highest BCUT2D eigenvalue weighted by Gasteiger charge is 2.65. The minimum Gasteiger partial charge on any atom is -0.481 e. The van der Waals surface area contributed by atoms with Gasteiger partial charge in [0, 0.05) is 0 Å². The number of rotatable bonds is 3. The van der Waals surface area contributed by atoms with Crippen molar-refractivity contribution in [1.29, 1.82) is 0 Å². The zero-order chi connectivity index (χ0) is 11.4. The fourth-order valence-electron chi connectivity index (χ4n) is 2.44. The van der Waals surface area contributed by atoms with Crippen molar-refractivity contribution in [3.8, 4) is 0 Å². The molecule has 0 bridgehead atoms. The average molecular weight is 198 g/mol. The van der Waals surface area contributed by atoms with E-state index in [9.17, 15) is 4.79 Å². The minimum absolute atomic E-state index is 0.291. The largest absolute Gasteiger partial charge is 0.481 e. The topological polar surface area (TPSA) is 37.3 Å². The van der Waals surface area contributed by atoms with Gasteiger partial charge < -0.3 is 5.11 Å². The van der Waals surface area contributed by atoms with Crippen molar-refractivity contribution in [2.24, 2.45) is 22.2 Å². The Labute approximate surface area is 86.7 Å². The van der Waals surface area contributed by atoms with Crippen molar-refractivity contribution in [2.75, 3.05) is 0 Å². The highest BCUT2D eigenvalue weighted by Crippen LogP contribution is 2.71. The molecule has 1 rings (SSSR count). The van der Waals surface area contributed by atoms with E-state index in [1.165, 1.54) is 0 Å². The van der Waals surface area contributed by atoms with Crippen LogP contribution < -0.4 is 0 Å². The molecule has 82 valence electrons. The second-order valence-corrected chi connectivity index (χ2v) is 6.39. The maximum absolute atomic E-state index is 11.0. The van der Waals surface area contributed by atoms with Crippen LogP contribution in [0.25, 0.3) is 0 Å². The summed E-state index contributed by atoms with van der Waals surface area (Å²) in [5.41, 5.74) is -0.00481. The Morgan fingerprint density at radius 3 is 1.79 bits per heavy atom. The first-order valence-electron chi connectivity index (χ1n) is 5.27. The van der Waals surface area contributed by atoms with Gasteiger partial charge in [-0.05, 0) is 37.0 Å². The molecule has 1 aliphatic rings. The number of hydrogen-bond donors (Lipinski definition) is 1. The van der Waals surface area contributed by atoms with Crippen molar-refractivity contribution < 1.29 is 9.90 Å². The van der Waals surface area contributed by atoms with Crippen LogP contribution in [0.4, 0.5) is 0 Å². The van der Waals surface area contributed by atoms with Crippen LogP contribution in [0.5, 0.6) is 0 Å². The van der Waals surface area contributed by atoms with Crippen LogP contribution in [0.3, 0.4) is 0 Å². The Kier molecular flexibility index (Phi) is 2.26. The fraction of sp³-hybridized carbons (Fsp3) is 0.917. The number of carboxylic acid groups (broad SMARTS) is 1. The number of carbonyl (C=O) groups is 1. The lowest BCUT2D eigenvalue weighted by molar-refractivity contribution is -0.147. The molecule has 2 heteroatoms. The molecule has 1 saturated carbocycles. The SMILES string of the molecule is CC(C)(CC1C(C)(C)C1(C)C)C(=O)O. The summed E-state index contributed by atoms with van der Waals surface area (Å²) in [4.78, 5) is 11.0. The van der Waals surface area contributed by atoms with Gasteiger partial charge in [-0.25, -0.2) is 0 Å². The van der Waals surface area contributed by atoms with E-state index in [0.717, 1.165) is 6.42 Å². The Balaban J connectivity index is 2.70. The molecule has 1 N–H and O–H groups in total. The van der Waals surface area contributed by atoms with E-state index in [4.69, 9.17) is 5.11 Å². The molecular weight excluding hydrogens is 176 g/mol. The fourth-order valence-corrected chi connectivity index (χ4v) is 2.44. The quantitative estimate of drug-likeness (QED) is 0.756. The molecule has 0 spiro atoms. The molecule has 0 heterocycles. The zero-order valence-corrected chi connectivity index (χ0v) is 10.1. The first-order valence-corrected chi connectivity index (χ1v) is 5.27. The van der Waals surface area contributed by atoms with E-state index >= 15 is 0 Å². The third-order valence-electron chi connectivity index (χ3n) is 4.61. The Hall–Kier alpha value is -0.530. The van der Waals surface area contributed by atoms with Gasteiger partial charge in [0.25, 0.3) is 0 Å². The van der Waals surface area contributed by atoms with E-state index in [-0.39, 0.29) is 0 Å². The van der Waals surface area contributed by atoms with Crippen molar-refractivity contribution in [3.05, 3.63) is 0 Å². The highest BCUT2D eigenvalue weighted by molar-refractivity contribution is 5.73. The van der Waals surface area contributed by atoms with Crippen LogP contribution in [-0.2, 0) is 4.79 Å². The average Bonchev–Trinajstić information content (AvgIpc) is 2.32. The van der Waals surface area contributed by atoms with E-state index < -0.39 is 11.4 Å². The molecular formula is C12H22O2. The third-order valence-corrected chi connectivity index (χ3v) is 4.61. The van der Waals surface area contributed by atoms with E-state index in [1.54, 1.807) is 0 Å². The van der Waals surface area contributed by atoms with Gasteiger partial charge in [0.1, 0.15) is 0 Å². The van der Waals surface area contributed by atoms with Crippen LogP contribution >= 0.6 is 0 Å². The molecule has 0 radical (unpaired) electrons. The van der Waals surface area contributed by atoms with Crippen LogP contribution in [0.15, 0.2) is 0 Å². The van der Waals surface area contributed by atoms with Gasteiger partial charge in [0.2, 0.25) is 0 Å². The molecule has 0 aliphatic heterocycles. The Morgan fingerprint density at radius 2 is 1.57 bits per heavy atom. The van der Waals surface area contributed by atoms with Crippen LogP contribution in [0.2, 0.25) is 0 Å². The molecule has 0 saturated heterocycles. The van der Waals surface area contributed by atoms with Crippen LogP contribution in [0.1, 0.15) is 48.0 Å². The van der Waals surface area contributed by atoms with Gasteiger partial charge in [-0.3, -0.25) is 4.79 Å². The zero-order valence-electron chi connectivity index (χ0n) is 10.1. The molecule has 2 nitrogen and oxygen atoms in total. The Bertz CT molecular complexity index is 247. The van der Waals surface area contributed by atoms with Gasteiger partial charge in [-0.1, -0.05) is 27.7 Å². The maximum atomic E-state index is 11.0. The number of hydrogen-bond acceptors (Lipinski definition) is 1. The van der Waals surface area contributed by atoms with E-state index in [0.29, 0.717) is 16.7 Å². The first kappa shape index (κ1) is 11.5. The summed E-state index contributed by atoms with van der Waals surface area (Å²) in [5.74, 6) is -0.155. The van der Waals surface area contributed by atoms with Crippen molar-refractivity contribution in [3.63, 3.8) is 0 Å². The molecule has 0 aromatic carbocycles. The predicted octanol–water partition coefficient (Wildman–Crippen LogP) is 3.17. The molecule has 0 aromatic rings. The Morgan fingerprint density at radius 1 is 1.21 bits per heavy atom. The maximum Gasteiger partial charge on any atom is 0.309 e. The van der Waals surface area contributed by atoms with Crippen LogP contribution in [0, 0.1) is 22.2 Å². The summed E-state index contributed by atoms with van der Waals surface area (Å²) >= 11 is 0. The molecule has 1 fully saturated rings. The van der Waals surface area contributed by atoms with Crippen molar-refractivity contribution in [1.82, 2.24) is 0 Å². The monoisotopic (exact) mass is 198 g/mol.